The molecular weight excluding hydrogens is 810 g/mol. The monoisotopic (exact) mass is 854 g/mol. The van der Waals surface area contributed by atoms with Crippen molar-refractivity contribution in [1.29, 1.82) is 0 Å². The lowest BCUT2D eigenvalue weighted by molar-refractivity contribution is 0.404. The SMILES string of the molecule is C=C(/C=C1\C2=C(C)Oc3c(cc4c(c3C(C)C)Oc3cc(N(c5ccccc5)c5ccccc5)cc5c3B4Oc3ccccc3-5)B2Oc2ccccc21)N(c1ccccc1)c1ccccc1. The van der Waals surface area contributed by atoms with Crippen molar-refractivity contribution in [3.63, 3.8) is 0 Å². The van der Waals surface area contributed by atoms with E-state index in [0.717, 1.165) is 118 Å². The van der Waals surface area contributed by atoms with Gasteiger partial charge in [-0.15, -0.1) is 0 Å². The van der Waals surface area contributed by atoms with E-state index in [2.05, 4.69) is 181 Å². The summed E-state index contributed by atoms with van der Waals surface area (Å²) in [6.07, 6.45) is 2.18. The summed E-state index contributed by atoms with van der Waals surface area (Å²) < 4.78 is 28.7. The Morgan fingerprint density at radius 3 is 1.62 bits per heavy atom. The van der Waals surface area contributed by atoms with E-state index in [1.54, 1.807) is 0 Å². The number of hydrogen-bond donors (Lipinski definition) is 0. The minimum Gasteiger partial charge on any atom is -0.551 e. The van der Waals surface area contributed by atoms with Crippen LogP contribution >= 0.6 is 0 Å². The number of benzene rings is 8. The molecule has 0 radical (unpaired) electrons. The highest BCUT2D eigenvalue weighted by Crippen LogP contribution is 2.49. The van der Waals surface area contributed by atoms with Gasteiger partial charge >= 0.3 is 13.8 Å². The molecule has 0 spiro atoms. The first-order valence-electron chi connectivity index (χ1n) is 22.6. The van der Waals surface area contributed by atoms with Crippen LogP contribution < -0.4 is 45.0 Å². The molecule has 4 heterocycles. The molecule has 12 rings (SSSR count). The van der Waals surface area contributed by atoms with Crippen LogP contribution in [0, 0.1) is 0 Å². The van der Waals surface area contributed by atoms with Gasteiger partial charge in [-0.2, -0.15) is 0 Å². The van der Waals surface area contributed by atoms with Gasteiger partial charge in [0.15, 0.2) is 0 Å². The van der Waals surface area contributed by atoms with Crippen LogP contribution in [0.1, 0.15) is 37.8 Å². The van der Waals surface area contributed by atoms with Crippen molar-refractivity contribution in [2.45, 2.75) is 26.7 Å². The largest absolute Gasteiger partial charge is 0.551 e. The van der Waals surface area contributed by atoms with Crippen molar-refractivity contribution in [2.24, 2.45) is 0 Å². The van der Waals surface area contributed by atoms with Crippen LogP contribution in [0.2, 0.25) is 0 Å². The molecule has 8 aromatic carbocycles. The van der Waals surface area contributed by atoms with Crippen LogP contribution in [0.5, 0.6) is 28.7 Å². The molecule has 0 N–H and O–H groups in total. The number of ether oxygens (including phenoxy) is 2. The van der Waals surface area contributed by atoms with E-state index in [1.165, 1.54) is 0 Å². The third-order valence-electron chi connectivity index (χ3n) is 13.0. The van der Waals surface area contributed by atoms with Crippen LogP contribution in [-0.2, 0) is 0 Å². The molecule has 0 fully saturated rings. The number of fused-ring (bicyclic) bond motifs is 8. The Bertz CT molecular complexity index is 3200. The zero-order valence-electron chi connectivity index (χ0n) is 36.9. The fourth-order valence-electron chi connectivity index (χ4n) is 10.2. The first kappa shape index (κ1) is 39.5. The average Bonchev–Trinajstić information content (AvgIpc) is 3.35. The molecular formula is C58H44B2N2O4. The van der Waals surface area contributed by atoms with Crippen LogP contribution in [0.25, 0.3) is 16.7 Å². The van der Waals surface area contributed by atoms with Crippen molar-refractivity contribution < 1.29 is 18.8 Å². The molecule has 66 heavy (non-hydrogen) atoms. The molecule has 0 aliphatic carbocycles. The second kappa shape index (κ2) is 15.9. The molecule has 0 saturated carbocycles. The third-order valence-corrected chi connectivity index (χ3v) is 13.0. The lowest BCUT2D eigenvalue weighted by Crippen LogP contribution is -2.56. The minimum absolute atomic E-state index is 0.0178. The van der Waals surface area contributed by atoms with Crippen LogP contribution in [-0.4, -0.2) is 13.8 Å². The standard InChI is InChI=1S/C58H44B2N2O4/c1-37(2)54-57-49(59-55(39(4)63-57)47(45-29-17-19-31-51(45)65-59)33-38(3)61(40-21-9-5-10-22-40)41-23-11-6-12-24-41)36-50-58(54)64-53-35-44(34-48-46-30-18-20-32-52(46)66-60(50)56(48)53)62(42-25-13-7-14-26-42)43-27-15-8-16-28-43/h5-37H,3H2,1-2,4H3/b47-33-. The van der Waals surface area contributed by atoms with Crippen molar-refractivity contribution in [1.82, 2.24) is 0 Å². The van der Waals surface area contributed by atoms with E-state index in [4.69, 9.17) is 25.4 Å². The summed E-state index contributed by atoms with van der Waals surface area (Å²) in [4.78, 5) is 4.48. The Kier molecular flexibility index (Phi) is 9.49. The van der Waals surface area contributed by atoms with E-state index in [9.17, 15) is 0 Å². The van der Waals surface area contributed by atoms with Gasteiger partial charge < -0.3 is 28.6 Å². The number of rotatable bonds is 8. The second-order valence-electron chi connectivity index (χ2n) is 17.4. The second-order valence-corrected chi connectivity index (χ2v) is 17.4. The summed E-state index contributed by atoms with van der Waals surface area (Å²) in [5.74, 6) is 4.66. The van der Waals surface area contributed by atoms with Crippen LogP contribution in [0.3, 0.4) is 0 Å². The van der Waals surface area contributed by atoms with E-state index in [1.807, 2.05) is 43.3 Å². The lowest BCUT2D eigenvalue weighted by Gasteiger charge is -2.39. The summed E-state index contributed by atoms with van der Waals surface area (Å²) in [6.45, 7) is 10.2. The van der Waals surface area contributed by atoms with Crippen molar-refractivity contribution in [3.05, 3.63) is 229 Å². The Hall–Kier alpha value is -8.09. The normalized spacial score (nSPS) is 14.3. The molecule has 316 valence electrons. The number of allylic oxidation sites excluding steroid dienone is 4. The molecule has 0 aromatic heterocycles. The summed E-state index contributed by atoms with van der Waals surface area (Å²) in [7, 11) is 0. The molecule has 0 unspecified atom stereocenters. The number of hydrogen-bond acceptors (Lipinski definition) is 6. The smallest absolute Gasteiger partial charge is 0.434 e. The maximum absolute atomic E-state index is 7.30. The molecule has 4 aliphatic rings. The van der Waals surface area contributed by atoms with E-state index < -0.39 is 13.8 Å². The fraction of sp³-hybridized carbons (Fsp3) is 0.0690. The lowest BCUT2D eigenvalue weighted by atomic mass is 9.45. The van der Waals surface area contributed by atoms with Gasteiger partial charge in [0.1, 0.15) is 34.5 Å². The van der Waals surface area contributed by atoms with Gasteiger partial charge in [0.05, 0.1) is 5.69 Å². The van der Waals surface area contributed by atoms with Crippen molar-refractivity contribution in [3.8, 4) is 39.9 Å². The zero-order valence-corrected chi connectivity index (χ0v) is 36.9. The maximum atomic E-state index is 7.30. The Morgan fingerprint density at radius 2 is 1.02 bits per heavy atom. The molecule has 0 atom stereocenters. The Morgan fingerprint density at radius 1 is 0.515 bits per heavy atom. The van der Waals surface area contributed by atoms with Gasteiger partial charge in [0, 0.05) is 73.1 Å². The van der Waals surface area contributed by atoms with E-state index in [0.29, 0.717) is 0 Å². The molecule has 6 nitrogen and oxygen atoms in total. The van der Waals surface area contributed by atoms with Gasteiger partial charge in [0.25, 0.3) is 0 Å². The van der Waals surface area contributed by atoms with E-state index >= 15 is 0 Å². The molecule has 0 amide bonds. The fourth-order valence-corrected chi connectivity index (χ4v) is 10.2. The highest BCUT2D eigenvalue weighted by atomic mass is 16.5. The first-order valence-corrected chi connectivity index (χ1v) is 22.6. The number of para-hydroxylation sites is 6. The van der Waals surface area contributed by atoms with Crippen molar-refractivity contribution in [2.75, 3.05) is 9.80 Å². The zero-order chi connectivity index (χ0) is 44.5. The van der Waals surface area contributed by atoms with Crippen LogP contribution in [0.4, 0.5) is 28.4 Å². The summed E-state index contributed by atoms with van der Waals surface area (Å²) >= 11 is 0. The van der Waals surface area contributed by atoms with Gasteiger partial charge in [-0.1, -0.05) is 136 Å². The first-order chi connectivity index (χ1) is 32.4. The quantitative estimate of drug-likeness (QED) is 0.142. The molecule has 0 saturated heterocycles. The molecule has 4 aliphatic heterocycles. The summed E-state index contributed by atoms with van der Waals surface area (Å²) in [5, 5.41) is 0. The number of anilines is 5. The average molecular weight is 855 g/mol. The summed E-state index contributed by atoms with van der Waals surface area (Å²) in [6, 6.07) is 65.0. The Balaban J connectivity index is 1.03. The highest BCUT2D eigenvalue weighted by molar-refractivity contribution is 6.86. The Labute approximate surface area is 386 Å². The predicted octanol–water partition coefficient (Wildman–Crippen LogP) is 12.8. The number of nitrogens with zero attached hydrogens (tertiary/aromatic N) is 2. The minimum atomic E-state index is -0.489. The molecule has 8 aromatic rings. The van der Waals surface area contributed by atoms with Gasteiger partial charge in [-0.05, 0) is 96.8 Å². The summed E-state index contributed by atoms with van der Waals surface area (Å²) in [5.41, 5.74) is 14.8. The van der Waals surface area contributed by atoms with Gasteiger partial charge in [-0.25, -0.2) is 0 Å². The molecule has 8 heteroatoms. The maximum Gasteiger partial charge on any atom is 0.434 e. The predicted molar refractivity (Wildman–Crippen MR) is 271 cm³/mol. The highest BCUT2D eigenvalue weighted by Gasteiger charge is 2.48. The van der Waals surface area contributed by atoms with Crippen molar-refractivity contribution >= 4 is 64.2 Å². The van der Waals surface area contributed by atoms with E-state index in [-0.39, 0.29) is 5.92 Å². The molecule has 0 bridgehead atoms. The van der Waals surface area contributed by atoms with Crippen LogP contribution in [0.15, 0.2) is 218 Å². The van der Waals surface area contributed by atoms with Gasteiger partial charge in [-0.3, -0.25) is 0 Å². The third kappa shape index (κ3) is 6.43. The van der Waals surface area contributed by atoms with Gasteiger partial charge in [0.2, 0.25) is 0 Å². The topological polar surface area (TPSA) is 43.4 Å².